The molecule has 2 rings (SSSR count). The van der Waals surface area contributed by atoms with Crippen LogP contribution >= 0.6 is 0 Å². The highest BCUT2D eigenvalue weighted by Crippen LogP contribution is 2.44. The first-order chi connectivity index (χ1) is 9.23. The van der Waals surface area contributed by atoms with E-state index in [1.165, 1.54) is 0 Å². The van der Waals surface area contributed by atoms with Crippen LogP contribution in [-0.2, 0) is 11.2 Å². The zero-order valence-corrected chi connectivity index (χ0v) is 13.0. The van der Waals surface area contributed by atoms with E-state index in [9.17, 15) is 5.11 Å². The minimum absolute atomic E-state index is 0.125. The Balaban J connectivity index is 2.05. The van der Waals surface area contributed by atoms with Crippen molar-refractivity contribution in [1.29, 1.82) is 0 Å². The highest BCUT2D eigenvalue weighted by Gasteiger charge is 2.48. The molecule has 1 aliphatic rings. The predicted molar refractivity (Wildman–Crippen MR) is 77.8 cm³/mol. The Kier molecular flexibility index (Phi) is 4.07. The van der Waals surface area contributed by atoms with Crippen LogP contribution in [0.15, 0.2) is 18.3 Å². The average Bonchev–Trinajstić information content (AvgIpc) is 2.58. The van der Waals surface area contributed by atoms with Crippen molar-refractivity contribution in [3.8, 4) is 5.88 Å². The summed E-state index contributed by atoms with van der Waals surface area (Å²) in [7, 11) is 1.59. The highest BCUT2D eigenvalue weighted by molar-refractivity contribution is 5.19. The van der Waals surface area contributed by atoms with Crippen molar-refractivity contribution in [3.63, 3.8) is 0 Å². The van der Waals surface area contributed by atoms with Gasteiger partial charge in [-0.2, -0.15) is 0 Å². The van der Waals surface area contributed by atoms with Gasteiger partial charge in [0.15, 0.2) is 0 Å². The van der Waals surface area contributed by atoms with Crippen molar-refractivity contribution in [1.82, 2.24) is 4.98 Å². The van der Waals surface area contributed by atoms with Gasteiger partial charge in [-0.25, -0.2) is 4.98 Å². The fourth-order valence-electron chi connectivity index (χ4n) is 3.24. The summed E-state index contributed by atoms with van der Waals surface area (Å²) in [6.45, 7) is 8.27. The zero-order chi connectivity index (χ0) is 15.0. The molecular formula is C16H25NO3. The van der Waals surface area contributed by atoms with E-state index >= 15 is 0 Å². The van der Waals surface area contributed by atoms with Crippen LogP contribution in [0.1, 0.15) is 39.7 Å². The second-order valence-corrected chi connectivity index (χ2v) is 6.76. The van der Waals surface area contributed by atoms with Gasteiger partial charge in [0.05, 0.1) is 24.4 Å². The first kappa shape index (κ1) is 15.3. The fourth-order valence-corrected chi connectivity index (χ4v) is 3.24. The summed E-state index contributed by atoms with van der Waals surface area (Å²) in [5, 5.41) is 10.6. The molecule has 20 heavy (non-hydrogen) atoms. The topological polar surface area (TPSA) is 51.6 Å². The van der Waals surface area contributed by atoms with Gasteiger partial charge in [0, 0.05) is 24.6 Å². The molecular weight excluding hydrogens is 254 g/mol. The van der Waals surface area contributed by atoms with E-state index in [2.05, 4.69) is 32.7 Å². The van der Waals surface area contributed by atoms with Gasteiger partial charge in [-0.05, 0) is 39.7 Å². The first-order valence-electron chi connectivity index (χ1n) is 7.11. The lowest BCUT2D eigenvalue weighted by Gasteiger charge is -2.30. The monoisotopic (exact) mass is 279 g/mol. The third kappa shape index (κ3) is 3.30. The number of hydrogen-bond donors (Lipinski definition) is 1. The summed E-state index contributed by atoms with van der Waals surface area (Å²) >= 11 is 0. The molecule has 1 fully saturated rings. The number of nitrogens with zero attached hydrogens (tertiary/aromatic N) is 1. The molecule has 1 aromatic heterocycles. The number of aromatic nitrogens is 1. The predicted octanol–water partition coefficient (Wildman–Crippen LogP) is 2.59. The van der Waals surface area contributed by atoms with E-state index in [1.807, 2.05) is 12.1 Å². The lowest BCUT2D eigenvalue weighted by atomic mass is 9.81. The highest BCUT2D eigenvalue weighted by atomic mass is 16.5. The van der Waals surface area contributed by atoms with Crippen molar-refractivity contribution in [3.05, 3.63) is 23.9 Å². The number of rotatable bonds is 4. The van der Waals surface area contributed by atoms with Gasteiger partial charge in [0.25, 0.3) is 0 Å². The van der Waals surface area contributed by atoms with E-state index < -0.39 is 6.10 Å². The summed E-state index contributed by atoms with van der Waals surface area (Å²) in [6, 6.07) is 3.77. The van der Waals surface area contributed by atoms with Gasteiger partial charge >= 0.3 is 0 Å². The third-order valence-electron chi connectivity index (χ3n) is 4.06. The Morgan fingerprint density at radius 3 is 2.55 bits per heavy atom. The van der Waals surface area contributed by atoms with Gasteiger partial charge < -0.3 is 14.6 Å². The minimum Gasteiger partial charge on any atom is -0.481 e. The maximum absolute atomic E-state index is 10.6. The lowest BCUT2D eigenvalue weighted by molar-refractivity contribution is -0.0873. The van der Waals surface area contributed by atoms with E-state index in [1.54, 1.807) is 13.3 Å². The summed E-state index contributed by atoms with van der Waals surface area (Å²) in [6.07, 6.45) is 2.78. The smallest absolute Gasteiger partial charge is 0.212 e. The fraction of sp³-hybridized carbons (Fsp3) is 0.688. The molecule has 0 saturated carbocycles. The molecule has 0 spiro atoms. The van der Waals surface area contributed by atoms with Crippen LogP contribution in [0.3, 0.4) is 0 Å². The SMILES string of the molecule is COc1ccc(CC(O)C2CC(C)(C)OC2(C)C)cn1. The minimum atomic E-state index is -0.429. The standard InChI is InChI=1S/C16H25NO3/c1-15(2)9-12(16(3,4)20-15)13(18)8-11-6-7-14(19-5)17-10-11/h6-7,10,12-13,18H,8-9H2,1-5H3. The van der Waals surface area contributed by atoms with Crippen LogP contribution < -0.4 is 4.74 Å². The molecule has 1 aliphatic heterocycles. The molecule has 4 nitrogen and oxygen atoms in total. The number of methoxy groups -OCH3 is 1. The van der Waals surface area contributed by atoms with Crippen LogP contribution in [-0.4, -0.2) is 34.5 Å². The number of aliphatic hydroxyl groups excluding tert-OH is 1. The molecule has 2 unspecified atom stereocenters. The van der Waals surface area contributed by atoms with Crippen LogP contribution in [0.4, 0.5) is 0 Å². The van der Waals surface area contributed by atoms with Gasteiger partial charge in [-0.1, -0.05) is 6.07 Å². The van der Waals surface area contributed by atoms with Crippen LogP contribution in [0, 0.1) is 5.92 Å². The molecule has 4 heteroatoms. The van der Waals surface area contributed by atoms with Gasteiger partial charge in [0.2, 0.25) is 5.88 Å². The Morgan fingerprint density at radius 2 is 2.10 bits per heavy atom. The Bertz CT molecular complexity index is 453. The van der Waals surface area contributed by atoms with E-state index in [0.29, 0.717) is 12.3 Å². The molecule has 0 bridgehead atoms. The van der Waals surface area contributed by atoms with Crippen molar-refractivity contribution >= 4 is 0 Å². The Morgan fingerprint density at radius 1 is 1.40 bits per heavy atom. The molecule has 2 heterocycles. The molecule has 0 aromatic carbocycles. The average molecular weight is 279 g/mol. The van der Waals surface area contributed by atoms with Gasteiger partial charge in [-0.3, -0.25) is 0 Å². The van der Waals surface area contributed by atoms with Crippen LogP contribution in [0.25, 0.3) is 0 Å². The van der Waals surface area contributed by atoms with Crippen molar-refractivity contribution in [2.24, 2.45) is 5.92 Å². The molecule has 1 N–H and O–H groups in total. The van der Waals surface area contributed by atoms with Gasteiger partial charge in [-0.15, -0.1) is 0 Å². The number of aliphatic hydroxyl groups is 1. The number of hydrogen-bond acceptors (Lipinski definition) is 4. The summed E-state index contributed by atoms with van der Waals surface area (Å²) in [4.78, 5) is 4.18. The van der Waals surface area contributed by atoms with Crippen molar-refractivity contribution < 1.29 is 14.6 Å². The van der Waals surface area contributed by atoms with Crippen molar-refractivity contribution in [2.75, 3.05) is 7.11 Å². The van der Waals surface area contributed by atoms with Gasteiger partial charge in [0.1, 0.15) is 0 Å². The number of ether oxygens (including phenoxy) is 2. The molecule has 112 valence electrons. The maximum atomic E-state index is 10.6. The lowest BCUT2D eigenvalue weighted by Crippen LogP contribution is -2.37. The van der Waals surface area contributed by atoms with Crippen LogP contribution in [0.2, 0.25) is 0 Å². The van der Waals surface area contributed by atoms with Crippen molar-refractivity contribution in [2.45, 2.75) is 57.8 Å². The van der Waals surface area contributed by atoms with E-state index in [4.69, 9.17) is 9.47 Å². The summed E-state index contributed by atoms with van der Waals surface area (Å²) < 4.78 is 11.1. The number of pyridine rings is 1. The third-order valence-corrected chi connectivity index (χ3v) is 4.06. The summed E-state index contributed by atoms with van der Waals surface area (Å²) in [5.41, 5.74) is 0.537. The Hall–Kier alpha value is -1.13. The molecule has 1 aromatic rings. The molecule has 0 amide bonds. The Labute approximate surface area is 121 Å². The second kappa shape index (κ2) is 5.34. The molecule has 0 aliphatic carbocycles. The molecule has 2 atom stereocenters. The van der Waals surface area contributed by atoms with Crippen LogP contribution in [0.5, 0.6) is 5.88 Å². The molecule has 1 saturated heterocycles. The second-order valence-electron chi connectivity index (χ2n) is 6.76. The quantitative estimate of drug-likeness (QED) is 0.920. The maximum Gasteiger partial charge on any atom is 0.212 e. The van der Waals surface area contributed by atoms with E-state index in [0.717, 1.165) is 12.0 Å². The van der Waals surface area contributed by atoms with E-state index in [-0.39, 0.29) is 17.1 Å². The largest absolute Gasteiger partial charge is 0.481 e. The first-order valence-corrected chi connectivity index (χ1v) is 7.11. The normalized spacial score (nSPS) is 25.4. The zero-order valence-electron chi connectivity index (χ0n) is 13.0. The molecule has 0 radical (unpaired) electrons. The summed E-state index contributed by atoms with van der Waals surface area (Å²) in [5.74, 6) is 0.716.